The highest BCUT2D eigenvalue weighted by atomic mass is 32.2. The molecule has 0 atom stereocenters. The van der Waals surface area contributed by atoms with Crippen molar-refractivity contribution in [3.8, 4) is 6.07 Å². The molecule has 102 valence electrons. The lowest BCUT2D eigenvalue weighted by Crippen LogP contribution is -2.25. The van der Waals surface area contributed by atoms with Gasteiger partial charge in [0.05, 0.1) is 11.4 Å². The largest absolute Gasteiger partial charge is 0.459 e. The number of hydrogen-bond acceptors (Lipinski definition) is 6. The predicted octanol–water partition coefficient (Wildman–Crippen LogP) is 2.40. The van der Waals surface area contributed by atoms with Crippen molar-refractivity contribution in [2.24, 2.45) is 0 Å². The van der Waals surface area contributed by atoms with Gasteiger partial charge in [-0.25, -0.2) is 9.97 Å². The molecular weight excluding hydrogens is 262 g/mol. The Hall–Kier alpha value is -1.61. The zero-order valence-corrected chi connectivity index (χ0v) is 12.6. The van der Waals surface area contributed by atoms with Gasteiger partial charge in [0.25, 0.3) is 0 Å². The van der Waals surface area contributed by atoms with Crippen molar-refractivity contribution in [1.29, 1.82) is 5.26 Å². The quantitative estimate of drug-likeness (QED) is 0.480. The number of thioether (sulfide) groups is 1. The first-order chi connectivity index (χ1) is 8.73. The lowest BCUT2D eigenvalue weighted by Gasteiger charge is -2.19. The van der Waals surface area contributed by atoms with Crippen molar-refractivity contribution in [3.63, 3.8) is 0 Å². The van der Waals surface area contributed by atoms with Gasteiger partial charge in [-0.1, -0.05) is 11.8 Å². The third-order valence-electron chi connectivity index (χ3n) is 2.03. The van der Waals surface area contributed by atoms with E-state index in [0.717, 1.165) is 0 Å². The normalized spacial score (nSPS) is 10.9. The van der Waals surface area contributed by atoms with Gasteiger partial charge in [0.15, 0.2) is 0 Å². The first-order valence-electron chi connectivity index (χ1n) is 5.83. The van der Waals surface area contributed by atoms with Crippen LogP contribution in [-0.4, -0.2) is 27.3 Å². The van der Waals surface area contributed by atoms with E-state index in [1.807, 2.05) is 20.8 Å². The maximum atomic E-state index is 11.6. The average Bonchev–Trinajstić information content (AvgIpc) is 2.23. The second-order valence-corrected chi connectivity index (χ2v) is 5.99. The summed E-state index contributed by atoms with van der Waals surface area (Å²) in [5, 5.41) is 9.61. The summed E-state index contributed by atoms with van der Waals surface area (Å²) in [5.74, 6) is 0.389. The smallest absolute Gasteiger partial charge is 0.316 e. The molecule has 0 amide bonds. The number of esters is 1. The van der Waals surface area contributed by atoms with Gasteiger partial charge in [0, 0.05) is 0 Å². The van der Waals surface area contributed by atoms with Gasteiger partial charge < -0.3 is 4.74 Å². The van der Waals surface area contributed by atoms with E-state index in [1.165, 1.54) is 11.8 Å². The number of nitrogens with zero attached hydrogens (tertiary/aromatic N) is 3. The molecule has 0 spiro atoms. The molecule has 0 N–H and O–H groups in total. The van der Waals surface area contributed by atoms with E-state index in [-0.39, 0.29) is 11.7 Å². The number of hydrogen-bond donors (Lipinski definition) is 0. The molecule has 5 nitrogen and oxygen atoms in total. The molecule has 0 aliphatic rings. The van der Waals surface area contributed by atoms with Crippen molar-refractivity contribution in [2.45, 2.75) is 45.2 Å². The fourth-order valence-corrected chi connectivity index (χ4v) is 2.26. The maximum absolute atomic E-state index is 11.6. The lowest BCUT2D eigenvalue weighted by atomic mass is 10.2. The van der Waals surface area contributed by atoms with E-state index < -0.39 is 5.60 Å². The summed E-state index contributed by atoms with van der Waals surface area (Å²) in [5.41, 5.74) is 0.536. The van der Waals surface area contributed by atoms with Crippen LogP contribution in [0.1, 0.15) is 37.9 Å². The van der Waals surface area contributed by atoms with Crippen LogP contribution >= 0.6 is 11.8 Å². The fourth-order valence-electron chi connectivity index (χ4n) is 1.41. The van der Waals surface area contributed by atoms with Crippen LogP contribution in [0, 0.1) is 25.2 Å². The second kappa shape index (κ2) is 6.02. The molecule has 0 aliphatic heterocycles. The molecule has 0 aromatic carbocycles. The van der Waals surface area contributed by atoms with Crippen molar-refractivity contribution >= 4 is 17.7 Å². The maximum Gasteiger partial charge on any atom is 0.316 e. The fraction of sp³-hybridized carbons (Fsp3) is 0.538. The standard InChI is InChI=1S/C13H17N3O2S/c1-8-10(6-14)12(16-9(2)15-8)19-7-11(17)18-13(3,4)5/h7H2,1-5H3. The Morgan fingerprint density at radius 1 is 1.37 bits per heavy atom. The Balaban J connectivity index is 2.79. The van der Waals surface area contributed by atoms with Crippen molar-refractivity contribution in [2.75, 3.05) is 5.75 Å². The summed E-state index contributed by atoms with van der Waals surface area (Å²) in [4.78, 5) is 20.0. The average molecular weight is 279 g/mol. The molecule has 0 aliphatic carbocycles. The highest BCUT2D eigenvalue weighted by Gasteiger charge is 2.18. The van der Waals surface area contributed by atoms with E-state index >= 15 is 0 Å². The van der Waals surface area contributed by atoms with Gasteiger partial charge in [-0.15, -0.1) is 0 Å². The molecule has 0 bridgehead atoms. The van der Waals surface area contributed by atoms with Crippen LogP contribution in [0.3, 0.4) is 0 Å². The van der Waals surface area contributed by atoms with Crippen LogP contribution < -0.4 is 0 Å². The molecule has 1 aromatic heterocycles. The van der Waals surface area contributed by atoms with Crippen LogP contribution in [0.25, 0.3) is 0 Å². The summed E-state index contributed by atoms with van der Waals surface area (Å²) in [6.07, 6.45) is 0. The number of ether oxygens (including phenoxy) is 1. The zero-order valence-electron chi connectivity index (χ0n) is 11.8. The van der Waals surface area contributed by atoms with Crippen LogP contribution in [0.5, 0.6) is 0 Å². The van der Waals surface area contributed by atoms with E-state index in [4.69, 9.17) is 10.00 Å². The Morgan fingerprint density at radius 3 is 2.53 bits per heavy atom. The van der Waals surface area contributed by atoms with E-state index in [2.05, 4.69) is 16.0 Å². The minimum absolute atomic E-state index is 0.127. The minimum atomic E-state index is -0.507. The Labute approximate surface area is 117 Å². The molecule has 19 heavy (non-hydrogen) atoms. The monoisotopic (exact) mass is 279 g/mol. The van der Waals surface area contributed by atoms with Gasteiger partial charge in [0.2, 0.25) is 0 Å². The topological polar surface area (TPSA) is 75.9 Å². The minimum Gasteiger partial charge on any atom is -0.459 e. The van der Waals surface area contributed by atoms with E-state index in [1.54, 1.807) is 13.8 Å². The molecule has 0 radical (unpaired) electrons. The van der Waals surface area contributed by atoms with Crippen molar-refractivity contribution in [3.05, 3.63) is 17.1 Å². The molecular formula is C13H17N3O2S. The van der Waals surface area contributed by atoms with Crippen LogP contribution in [0.15, 0.2) is 5.03 Å². The second-order valence-electron chi connectivity index (χ2n) is 5.02. The van der Waals surface area contributed by atoms with Gasteiger partial charge in [-0.05, 0) is 34.6 Å². The van der Waals surface area contributed by atoms with E-state index in [0.29, 0.717) is 22.1 Å². The van der Waals surface area contributed by atoms with Crippen LogP contribution in [-0.2, 0) is 9.53 Å². The summed E-state index contributed by atoms with van der Waals surface area (Å²) in [6.45, 7) is 8.95. The molecule has 1 heterocycles. The Bertz CT molecular complexity index is 530. The summed E-state index contributed by atoms with van der Waals surface area (Å²) in [6, 6.07) is 2.07. The number of aromatic nitrogens is 2. The first-order valence-corrected chi connectivity index (χ1v) is 6.81. The Morgan fingerprint density at radius 2 is 2.00 bits per heavy atom. The van der Waals surface area contributed by atoms with Crippen LogP contribution in [0.2, 0.25) is 0 Å². The molecule has 0 unspecified atom stereocenters. The third kappa shape index (κ3) is 4.87. The molecule has 0 saturated heterocycles. The van der Waals surface area contributed by atoms with Gasteiger partial charge in [-0.2, -0.15) is 5.26 Å². The number of carbonyl (C=O) groups excluding carboxylic acids is 1. The number of aryl methyl sites for hydroxylation is 2. The van der Waals surface area contributed by atoms with Crippen molar-refractivity contribution in [1.82, 2.24) is 9.97 Å². The highest BCUT2D eigenvalue weighted by molar-refractivity contribution is 7.99. The van der Waals surface area contributed by atoms with Gasteiger partial charge in [0.1, 0.15) is 28.1 Å². The highest BCUT2D eigenvalue weighted by Crippen LogP contribution is 2.22. The predicted molar refractivity (Wildman–Crippen MR) is 72.8 cm³/mol. The molecule has 6 heteroatoms. The first kappa shape index (κ1) is 15.4. The molecule has 0 fully saturated rings. The SMILES string of the molecule is Cc1nc(C)c(C#N)c(SCC(=O)OC(C)(C)C)n1. The summed E-state index contributed by atoms with van der Waals surface area (Å²) >= 11 is 1.20. The number of nitriles is 1. The summed E-state index contributed by atoms with van der Waals surface area (Å²) in [7, 11) is 0. The van der Waals surface area contributed by atoms with E-state index in [9.17, 15) is 4.79 Å². The lowest BCUT2D eigenvalue weighted by molar-refractivity contribution is -0.151. The van der Waals surface area contributed by atoms with Crippen molar-refractivity contribution < 1.29 is 9.53 Å². The van der Waals surface area contributed by atoms with Gasteiger partial charge >= 0.3 is 5.97 Å². The summed E-state index contributed by atoms with van der Waals surface area (Å²) < 4.78 is 5.21. The molecule has 1 aromatic rings. The molecule has 1 rings (SSSR count). The molecule has 0 saturated carbocycles. The number of carbonyl (C=O) groups is 1. The van der Waals surface area contributed by atoms with Gasteiger partial charge in [-0.3, -0.25) is 4.79 Å². The third-order valence-corrected chi connectivity index (χ3v) is 2.98. The van der Waals surface area contributed by atoms with Crippen LogP contribution in [0.4, 0.5) is 0 Å². The Kier molecular flexibility index (Phi) is 4.90. The number of rotatable bonds is 3. The zero-order chi connectivity index (χ0) is 14.6.